The molecule has 1 amide bonds. The molecule has 7 heteroatoms. The van der Waals surface area contributed by atoms with Gasteiger partial charge >= 0.3 is 0 Å². The molecule has 1 N–H and O–H groups in total. The fraction of sp³-hybridized carbons (Fsp3) is 0.565. The van der Waals surface area contributed by atoms with Crippen LogP contribution in [0.5, 0.6) is 0 Å². The van der Waals surface area contributed by atoms with Crippen LogP contribution in [0.25, 0.3) is 0 Å². The van der Waals surface area contributed by atoms with E-state index in [0.717, 1.165) is 49.4 Å². The summed E-state index contributed by atoms with van der Waals surface area (Å²) in [4.78, 5) is 17.7. The number of aliphatic hydroxyl groups is 1. The van der Waals surface area contributed by atoms with Crippen molar-refractivity contribution in [2.75, 3.05) is 32.8 Å². The zero-order chi connectivity index (χ0) is 21.1. The Bertz CT molecular complexity index is 845. The summed E-state index contributed by atoms with van der Waals surface area (Å²) in [7, 11) is 0. The minimum absolute atomic E-state index is 0.0671. The van der Waals surface area contributed by atoms with E-state index in [1.165, 1.54) is 0 Å². The number of benzene rings is 1. The smallest absolute Gasteiger partial charge is 0.244 e. The molecular weight excluding hydrogens is 380 g/mol. The first-order chi connectivity index (χ1) is 14.5. The number of carbonyl (C=O) groups is 1. The third-order valence-electron chi connectivity index (χ3n) is 6.20. The van der Waals surface area contributed by atoms with Gasteiger partial charge in [-0.15, -0.1) is 0 Å². The number of likely N-dealkylation sites (tertiary alicyclic amines) is 1. The van der Waals surface area contributed by atoms with Gasteiger partial charge in [-0.05, 0) is 38.3 Å². The molecule has 0 aliphatic carbocycles. The molecule has 7 nitrogen and oxygen atoms in total. The Labute approximate surface area is 178 Å². The van der Waals surface area contributed by atoms with Crippen LogP contribution >= 0.6 is 0 Å². The minimum atomic E-state index is -0.197. The maximum atomic E-state index is 13.4. The molecule has 2 aromatic rings. The van der Waals surface area contributed by atoms with Gasteiger partial charge in [-0.3, -0.25) is 9.48 Å². The van der Waals surface area contributed by atoms with Crippen LogP contribution in [0, 0.1) is 13.8 Å². The Morgan fingerprint density at radius 3 is 2.57 bits per heavy atom. The number of rotatable bonds is 5. The molecule has 2 atom stereocenters. The van der Waals surface area contributed by atoms with E-state index in [9.17, 15) is 9.90 Å². The van der Waals surface area contributed by atoms with Gasteiger partial charge in [0.2, 0.25) is 5.91 Å². The number of morpholine rings is 1. The lowest BCUT2D eigenvalue weighted by molar-refractivity contribution is -0.149. The van der Waals surface area contributed by atoms with E-state index in [0.29, 0.717) is 13.2 Å². The van der Waals surface area contributed by atoms with E-state index < -0.39 is 0 Å². The Morgan fingerprint density at radius 2 is 1.90 bits per heavy atom. The summed E-state index contributed by atoms with van der Waals surface area (Å²) in [6, 6.07) is 12.1. The minimum Gasteiger partial charge on any atom is -0.393 e. The third-order valence-corrected chi connectivity index (χ3v) is 6.20. The zero-order valence-electron chi connectivity index (χ0n) is 17.9. The molecule has 0 unspecified atom stereocenters. The first kappa shape index (κ1) is 21.0. The lowest BCUT2D eigenvalue weighted by atomic mass is 9.96. The normalized spacial score (nSPS) is 23.6. The molecule has 1 aromatic heterocycles. The highest BCUT2D eigenvalue weighted by Gasteiger charge is 2.37. The van der Waals surface area contributed by atoms with Crippen molar-refractivity contribution in [3.05, 3.63) is 53.3 Å². The first-order valence-electron chi connectivity index (χ1n) is 10.9. The second kappa shape index (κ2) is 9.29. The summed E-state index contributed by atoms with van der Waals surface area (Å²) >= 11 is 0. The molecule has 0 bridgehead atoms. The third kappa shape index (κ3) is 4.74. The van der Waals surface area contributed by atoms with Crippen molar-refractivity contribution < 1.29 is 14.6 Å². The Balaban J connectivity index is 1.55. The van der Waals surface area contributed by atoms with E-state index in [4.69, 9.17) is 4.74 Å². The number of aromatic nitrogens is 2. The van der Waals surface area contributed by atoms with E-state index in [1.807, 2.05) is 43.0 Å². The molecule has 0 radical (unpaired) electrons. The van der Waals surface area contributed by atoms with Gasteiger partial charge in [0.15, 0.2) is 0 Å². The summed E-state index contributed by atoms with van der Waals surface area (Å²) in [5.41, 5.74) is 3.02. The van der Waals surface area contributed by atoms with Gasteiger partial charge in [-0.1, -0.05) is 30.3 Å². The highest BCUT2D eigenvalue weighted by Crippen LogP contribution is 2.31. The van der Waals surface area contributed by atoms with Crippen LogP contribution in [-0.4, -0.2) is 75.6 Å². The van der Waals surface area contributed by atoms with Crippen molar-refractivity contribution in [2.45, 2.75) is 51.5 Å². The molecular formula is C23H32N4O3. The van der Waals surface area contributed by atoms with E-state index in [-0.39, 0.29) is 30.7 Å². The standard InChI is InChI=1S/C23H32N4O3/c1-17-14-18(2)27(24-17)16-22(29)26-12-13-30-21(15-25-10-8-20(28)9-11-25)23(26)19-6-4-3-5-7-19/h3-7,14,20-21,23,28H,8-13,15-16H2,1-2H3/t21-,23-/m0/s1. The van der Waals surface area contributed by atoms with Gasteiger partial charge < -0.3 is 19.6 Å². The second-order valence-electron chi connectivity index (χ2n) is 8.47. The number of ether oxygens (including phenoxy) is 1. The Kier molecular flexibility index (Phi) is 6.51. The van der Waals surface area contributed by atoms with Crippen molar-refractivity contribution in [3.63, 3.8) is 0 Å². The number of amides is 1. The highest BCUT2D eigenvalue weighted by atomic mass is 16.5. The van der Waals surface area contributed by atoms with Crippen molar-refractivity contribution in [1.29, 1.82) is 0 Å². The average Bonchev–Trinajstić information content (AvgIpc) is 3.06. The fourth-order valence-corrected chi connectivity index (χ4v) is 4.62. The largest absolute Gasteiger partial charge is 0.393 e. The number of nitrogens with zero attached hydrogens (tertiary/aromatic N) is 4. The van der Waals surface area contributed by atoms with Gasteiger partial charge in [-0.25, -0.2) is 0 Å². The van der Waals surface area contributed by atoms with E-state index >= 15 is 0 Å². The Morgan fingerprint density at radius 1 is 1.17 bits per heavy atom. The summed E-state index contributed by atoms with van der Waals surface area (Å²) in [6.07, 6.45) is 1.30. The van der Waals surface area contributed by atoms with Gasteiger partial charge in [-0.2, -0.15) is 5.10 Å². The van der Waals surface area contributed by atoms with Crippen LogP contribution in [0.1, 0.15) is 35.8 Å². The fourth-order valence-electron chi connectivity index (χ4n) is 4.62. The van der Waals surface area contributed by atoms with Crippen molar-refractivity contribution in [3.8, 4) is 0 Å². The lowest BCUT2D eigenvalue weighted by Crippen LogP contribution is -2.53. The molecule has 2 fully saturated rings. The number of piperidine rings is 1. The van der Waals surface area contributed by atoms with Crippen molar-refractivity contribution in [2.24, 2.45) is 0 Å². The van der Waals surface area contributed by atoms with Crippen LogP contribution in [0.2, 0.25) is 0 Å². The van der Waals surface area contributed by atoms with Crippen LogP contribution in [0.3, 0.4) is 0 Å². The topological polar surface area (TPSA) is 70.8 Å². The van der Waals surface area contributed by atoms with Crippen LogP contribution < -0.4 is 0 Å². The molecule has 4 rings (SSSR count). The SMILES string of the molecule is Cc1cc(C)n(CC(=O)N2CCO[C@@H](CN3CCC(O)CC3)[C@@H]2c2ccccc2)n1. The lowest BCUT2D eigenvalue weighted by Gasteiger charge is -2.44. The Hall–Kier alpha value is -2.22. The molecule has 30 heavy (non-hydrogen) atoms. The number of aryl methyl sites for hydroxylation is 2. The molecule has 3 heterocycles. The summed E-state index contributed by atoms with van der Waals surface area (Å²) < 4.78 is 8.00. The molecule has 162 valence electrons. The molecule has 2 aliphatic heterocycles. The van der Waals surface area contributed by atoms with Crippen LogP contribution in [0.4, 0.5) is 0 Å². The molecule has 0 saturated carbocycles. The molecule has 2 saturated heterocycles. The molecule has 0 spiro atoms. The van der Waals surface area contributed by atoms with E-state index in [1.54, 1.807) is 4.68 Å². The maximum Gasteiger partial charge on any atom is 0.244 e. The van der Waals surface area contributed by atoms with Gasteiger partial charge in [0, 0.05) is 31.9 Å². The summed E-state index contributed by atoms with van der Waals surface area (Å²) in [5.74, 6) is 0.0671. The van der Waals surface area contributed by atoms with Crippen LogP contribution in [0.15, 0.2) is 36.4 Å². The number of hydrogen-bond donors (Lipinski definition) is 1. The van der Waals surface area contributed by atoms with Gasteiger partial charge in [0.05, 0.1) is 30.6 Å². The zero-order valence-corrected chi connectivity index (χ0v) is 17.9. The number of carbonyl (C=O) groups excluding carboxylic acids is 1. The molecule has 1 aromatic carbocycles. The summed E-state index contributed by atoms with van der Waals surface area (Å²) in [6.45, 7) is 7.77. The number of aliphatic hydroxyl groups excluding tert-OH is 1. The summed E-state index contributed by atoms with van der Waals surface area (Å²) in [5, 5.41) is 14.3. The second-order valence-corrected chi connectivity index (χ2v) is 8.47. The van der Waals surface area contributed by atoms with Gasteiger partial charge in [0.25, 0.3) is 0 Å². The average molecular weight is 413 g/mol. The van der Waals surface area contributed by atoms with Crippen LogP contribution in [-0.2, 0) is 16.1 Å². The van der Waals surface area contributed by atoms with E-state index in [2.05, 4.69) is 22.1 Å². The predicted octanol–water partition coefficient (Wildman–Crippen LogP) is 1.93. The maximum absolute atomic E-state index is 13.4. The van der Waals surface area contributed by atoms with Gasteiger partial charge in [0.1, 0.15) is 6.54 Å². The first-order valence-corrected chi connectivity index (χ1v) is 10.9. The highest BCUT2D eigenvalue weighted by molar-refractivity contribution is 5.76. The van der Waals surface area contributed by atoms with Crippen molar-refractivity contribution in [1.82, 2.24) is 19.6 Å². The molecule has 2 aliphatic rings. The van der Waals surface area contributed by atoms with Crippen molar-refractivity contribution >= 4 is 5.91 Å². The quantitative estimate of drug-likeness (QED) is 0.813. The number of hydrogen-bond acceptors (Lipinski definition) is 5. The monoisotopic (exact) mass is 412 g/mol. The predicted molar refractivity (Wildman–Crippen MR) is 114 cm³/mol.